The van der Waals surface area contributed by atoms with Gasteiger partial charge in [0.15, 0.2) is 17.9 Å². The van der Waals surface area contributed by atoms with Crippen LogP contribution in [0.3, 0.4) is 0 Å². The Balaban J connectivity index is 0.000000215. The summed E-state index contributed by atoms with van der Waals surface area (Å²) in [6.45, 7) is 1.60. The number of carboxylic acids is 2. The molecule has 0 saturated heterocycles. The van der Waals surface area contributed by atoms with Gasteiger partial charge in [0, 0.05) is 11.1 Å². The van der Waals surface area contributed by atoms with Gasteiger partial charge in [0.2, 0.25) is 0 Å². The molecule has 2 aromatic carbocycles. The summed E-state index contributed by atoms with van der Waals surface area (Å²) < 4.78 is 0. The van der Waals surface area contributed by atoms with Gasteiger partial charge in [-0.2, -0.15) is 0 Å². The smallest absolute Gasteiger partial charge is 0.336 e. The van der Waals surface area contributed by atoms with Crippen LogP contribution in [0.15, 0.2) is 102 Å². The highest BCUT2D eigenvalue weighted by atomic mass is 16.4. The van der Waals surface area contributed by atoms with Gasteiger partial charge in [-0.05, 0) is 49.1 Å². The van der Waals surface area contributed by atoms with Gasteiger partial charge in [-0.25, -0.2) is 9.59 Å². The number of hydrogen-bond donors (Lipinski definition) is 2. The quantitative estimate of drug-likeness (QED) is 0.381. The maximum absolute atomic E-state index is 11.8. The van der Waals surface area contributed by atoms with E-state index in [9.17, 15) is 24.0 Å². The standard InChI is InChI=1S/C15H12O3.C8H6O3.C7H8O/c16-14(12-6-1-2-7-12)10-9-11-5-3-4-8-13(11)15(17)18;9-5-6-3-1-2-4-7(6)8(10)11;1-6(8)7-4-2-3-5-7/h1-6,8-10H,7H2,(H,17,18);1-5H,(H,10,11);2-4H,5H2,1H3/b10-9+;;. The van der Waals surface area contributed by atoms with Crippen LogP contribution in [0.25, 0.3) is 6.08 Å². The number of carboxylic acid groups (broad SMARTS) is 2. The highest BCUT2D eigenvalue weighted by Crippen LogP contribution is 2.15. The molecule has 0 unspecified atom stereocenters. The van der Waals surface area contributed by atoms with Crippen LogP contribution in [0, 0.1) is 0 Å². The third kappa shape index (κ3) is 8.99. The van der Waals surface area contributed by atoms with Crippen molar-refractivity contribution in [2.45, 2.75) is 19.8 Å². The summed E-state index contributed by atoms with van der Waals surface area (Å²) in [5.41, 5.74) is 2.62. The molecule has 0 fully saturated rings. The lowest BCUT2D eigenvalue weighted by Gasteiger charge is -2.00. The first-order valence-electron chi connectivity index (χ1n) is 11.3. The van der Waals surface area contributed by atoms with Gasteiger partial charge in [0.1, 0.15) is 0 Å². The SMILES string of the molecule is CC(=O)C1=CC=CC1.O=C(/C=C/c1ccccc1C(=O)O)C1=CC=CC1.O=Cc1ccccc1C(=O)O. The number of allylic oxidation sites excluding steroid dienone is 9. The molecule has 2 aliphatic carbocycles. The average Bonchev–Trinajstić information content (AvgIpc) is 3.63. The van der Waals surface area contributed by atoms with Crippen LogP contribution in [0.2, 0.25) is 0 Å². The Kier molecular flexibility index (Phi) is 11.1. The minimum absolute atomic E-state index is 0.0440. The van der Waals surface area contributed by atoms with Gasteiger partial charge < -0.3 is 10.2 Å². The Morgan fingerprint density at radius 1 is 0.730 bits per heavy atom. The lowest BCUT2D eigenvalue weighted by Crippen LogP contribution is -2.00. The van der Waals surface area contributed by atoms with Gasteiger partial charge in [-0.1, -0.05) is 78.9 Å². The summed E-state index contributed by atoms with van der Waals surface area (Å²) in [4.78, 5) is 54.0. The van der Waals surface area contributed by atoms with Crippen molar-refractivity contribution >= 4 is 35.9 Å². The molecule has 0 spiro atoms. The van der Waals surface area contributed by atoms with Gasteiger partial charge in [0.05, 0.1) is 11.1 Å². The number of aromatic carboxylic acids is 2. The number of Topliss-reactive ketones (excluding diaryl/α,β-unsaturated/α-hetero) is 1. The largest absolute Gasteiger partial charge is 0.478 e. The first-order chi connectivity index (χ1) is 17.7. The maximum atomic E-state index is 11.8. The second-order valence-corrected chi connectivity index (χ2v) is 7.80. The van der Waals surface area contributed by atoms with Crippen LogP contribution in [-0.4, -0.2) is 40.0 Å². The van der Waals surface area contributed by atoms with E-state index in [1.165, 1.54) is 24.3 Å². The number of ketones is 2. The third-order valence-electron chi connectivity index (χ3n) is 5.23. The fourth-order valence-corrected chi connectivity index (χ4v) is 3.24. The van der Waals surface area contributed by atoms with E-state index in [1.54, 1.807) is 49.4 Å². The predicted octanol–water partition coefficient (Wildman–Crippen LogP) is 5.51. The molecule has 0 radical (unpaired) electrons. The van der Waals surface area contributed by atoms with Crippen molar-refractivity contribution in [1.29, 1.82) is 0 Å². The molecule has 2 aliphatic rings. The van der Waals surface area contributed by atoms with E-state index in [2.05, 4.69) is 0 Å². The number of carbonyl (C=O) groups is 5. The fourth-order valence-electron chi connectivity index (χ4n) is 3.24. The highest BCUT2D eigenvalue weighted by molar-refractivity contribution is 6.07. The number of aldehydes is 1. The zero-order valence-corrected chi connectivity index (χ0v) is 20.2. The van der Waals surface area contributed by atoms with Gasteiger partial charge in [0.25, 0.3) is 0 Å². The lowest BCUT2D eigenvalue weighted by molar-refractivity contribution is -0.113. The molecular formula is C30H26O7. The predicted molar refractivity (Wildman–Crippen MR) is 141 cm³/mol. The Hall–Kier alpha value is -4.91. The number of rotatable bonds is 7. The normalized spacial score (nSPS) is 13.0. The second-order valence-electron chi connectivity index (χ2n) is 7.80. The third-order valence-corrected chi connectivity index (χ3v) is 5.23. The minimum Gasteiger partial charge on any atom is -0.478 e. The van der Waals surface area contributed by atoms with Gasteiger partial charge in [-0.3, -0.25) is 14.4 Å². The molecule has 0 saturated carbocycles. The zero-order valence-electron chi connectivity index (χ0n) is 20.2. The summed E-state index contributed by atoms with van der Waals surface area (Å²) in [6, 6.07) is 12.7. The summed E-state index contributed by atoms with van der Waals surface area (Å²) in [6.07, 6.45) is 16.2. The second kappa shape index (κ2) is 14.5. The highest BCUT2D eigenvalue weighted by Gasteiger charge is 2.09. The zero-order chi connectivity index (χ0) is 27.2. The fraction of sp³-hybridized carbons (Fsp3) is 0.100. The Bertz CT molecular complexity index is 1340. The van der Waals surface area contributed by atoms with Crippen molar-refractivity contribution in [3.05, 3.63) is 124 Å². The molecule has 4 rings (SSSR count). The van der Waals surface area contributed by atoms with Crippen molar-refractivity contribution in [2.75, 3.05) is 0 Å². The summed E-state index contributed by atoms with van der Waals surface area (Å²) in [7, 11) is 0. The molecular weight excluding hydrogens is 472 g/mol. The first-order valence-corrected chi connectivity index (χ1v) is 11.3. The van der Waals surface area contributed by atoms with Crippen LogP contribution in [-0.2, 0) is 9.59 Å². The van der Waals surface area contributed by atoms with Crippen molar-refractivity contribution in [3.63, 3.8) is 0 Å². The number of hydrogen-bond acceptors (Lipinski definition) is 5. The Morgan fingerprint density at radius 2 is 1.22 bits per heavy atom. The summed E-state index contributed by atoms with van der Waals surface area (Å²) in [5.74, 6) is -1.97. The van der Waals surface area contributed by atoms with Crippen molar-refractivity contribution < 1.29 is 34.2 Å². The molecule has 0 aliphatic heterocycles. The van der Waals surface area contributed by atoms with Crippen LogP contribution in [0.1, 0.15) is 56.4 Å². The summed E-state index contributed by atoms with van der Waals surface area (Å²) in [5, 5.41) is 17.5. The molecule has 188 valence electrons. The van der Waals surface area contributed by atoms with Gasteiger partial charge in [-0.15, -0.1) is 0 Å². The van der Waals surface area contributed by atoms with E-state index in [1.807, 2.05) is 30.4 Å². The van der Waals surface area contributed by atoms with E-state index >= 15 is 0 Å². The molecule has 2 N–H and O–H groups in total. The van der Waals surface area contributed by atoms with Crippen molar-refractivity contribution in [3.8, 4) is 0 Å². The summed E-state index contributed by atoms with van der Waals surface area (Å²) >= 11 is 0. The topological polar surface area (TPSA) is 126 Å². The molecule has 37 heavy (non-hydrogen) atoms. The monoisotopic (exact) mass is 498 g/mol. The van der Waals surface area contributed by atoms with E-state index in [0.717, 1.165) is 17.6 Å². The van der Waals surface area contributed by atoms with Crippen LogP contribution in [0.5, 0.6) is 0 Å². The molecule has 0 heterocycles. The number of benzene rings is 2. The van der Waals surface area contributed by atoms with Crippen molar-refractivity contribution in [1.82, 2.24) is 0 Å². The average molecular weight is 499 g/mol. The molecule has 7 nitrogen and oxygen atoms in total. The van der Waals surface area contributed by atoms with Crippen LogP contribution >= 0.6 is 0 Å². The van der Waals surface area contributed by atoms with Crippen LogP contribution < -0.4 is 0 Å². The van der Waals surface area contributed by atoms with E-state index in [4.69, 9.17) is 10.2 Å². The molecule has 0 atom stereocenters. The Labute approximate surface area is 214 Å². The molecule has 0 bridgehead atoms. The van der Waals surface area contributed by atoms with E-state index in [-0.39, 0.29) is 28.3 Å². The maximum Gasteiger partial charge on any atom is 0.336 e. The Morgan fingerprint density at radius 3 is 1.62 bits per heavy atom. The molecule has 2 aromatic rings. The molecule has 0 amide bonds. The van der Waals surface area contributed by atoms with E-state index in [0.29, 0.717) is 18.3 Å². The first kappa shape index (κ1) is 28.3. The van der Waals surface area contributed by atoms with Crippen LogP contribution in [0.4, 0.5) is 0 Å². The number of carbonyl (C=O) groups excluding carboxylic acids is 3. The van der Waals surface area contributed by atoms with E-state index < -0.39 is 11.9 Å². The molecule has 7 heteroatoms. The lowest BCUT2D eigenvalue weighted by atomic mass is 10.1. The van der Waals surface area contributed by atoms with Crippen molar-refractivity contribution in [2.24, 2.45) is 0 Å². The molecule has 0 aromatic heterocycles. The minimum atomic E-state index is -1.08. The van der Waals surface area contributed by atoms with Gasteiger partial charge >= 0.3 is 11.9 Å².